The lowest BCUT2D eigenvalue weighted by Gasteiger charge is -2.29. The second-order valence-corrected chi connectivity index (χ2v) is 7.01. The lowest BCUT2D eigenvalue weighted by Crippen LogP contribution is -2.38. The van der Waals surface area contributed by atoms with Crippen molar-refractivity contribution in [2.24, 2.45) is 0 Å². The van der Waals surface area contributed by atoms with Gasteiger partial charge < -0.3 is 19.5 Å². The largest absolute Gasteiger partial charge is 0.482 e. The van der Waals surface area contributed by atoms with Gasteiger partial charge in [0.25, 0.3) is 17.5 Å². The number of amides is 2. The molecule has 2 amide bonds. The maximum atomic E-state index is 12.6. The van der Waals surface area contributed by atoms with Gasteiger partial charge in [-0.15, -0.1) is 0 Å². The van der Waals surface area contributed by atoms with Gasteiger partial charge in [-0.1, -0.05) is 5.16 Å². The highest BCUT2D eigenvalue weighted by Gasteiger charge is 2.28. The Bertz CT molecular complexity index is 1170. The van der Waals surface area contributed by atoms with Crippen molar-refractivity contribution in [3.8, 4) is 5.75 Å². The molecule has 4 rings (SSSR count). The van der Waals surface area contributed by atoms with Crippen LogP contribution in [-0.4, -0.2) is 28.5 Å². The highest BCUT2D eigenvalue weighted by Crippen LogP contribution is 2.36. The summed E-state index contributed by atoms with van der Waals surface area (Å²) >= 11 is 0. The number of carbonyl (C=O) groups excluding carboxylic acids is 2. The smallest absolute Gasteiger partial charge is 0.269 e. The molecule has 31 heavy (non-hydrogen) atoms. The van der Waals surface area contributed by atoms with E-state index in [0.29, 0.717) is 28.6 Å². The van der Waals surface area contributed by atoms with Gasteiger partial charge in [0.15, 0.2) is 6.61 Å². The molecule has 1 N–H and O–H groups in total. The van der Waals surface area contributed by atoms with Crippen molar-refractivity contribution in [1.82, 2.24) is 5.16 Å². The lowest BCUT2D eigenvalue weighted by molar-refractivity contribution is -0.384. The fourth-order valence-electron chi connectivity index (χ4n) is 3.28. The van der Waals surface area contributed by atoms with E-state index in [1.165, 1.54) is 24.3 Å². The Hall–Kier alpha value is -4.21. The van der Waals surface area contributed by atoms with Gasteiger partial charge in [-0.3, -0.25) is 19.7 Å². The minimum atomic E-state index is -0.532. The van der Waals surface area contributed by atoms with Gasteiger partial charge >= 0.3 is 0 Å². The molecule has 0 atom stereocenters. The molecule has 0 radical (unpaired) electrons. The number of fused-ring (bicyclic) bond motifs is 1. The number of ether oxygens (including phenoxy) is 1. The van der Waals surface area contributed by atoms with Gasteiger partial charge in [-0.2, -0.15) is 0 Å². The zero-order valence-electron chi connectivity index (χ0n) is 16.7. The van der Waals surface area contributed by atoms with Crippen LogP contribution in [0.2, 0.25) is 0 Å². The Morgan fingerprint density at radius 1 is 1.23 bits per heavy atom. The van der Waals surface area contributed by atoms with Crippen molar-refractivity contribution in [3.05, 3.63) is 75.2 Å². The first kappa shape index (κ1) is 20.1. The van der Waals surface area contributed by atoms with E-state index >= 15 is 0 Å². The number of non-ortho nitro benzene ring substituents is 1. The van der Waals surface area contributed by atoms with E-state index in [9.17, 15) is 19.7 Å². The number of hydrogen-bond donors (Lipinski definition) is 1. The summed E-state index contributed by atoms with van der Waals surface area (Å²) in [6, 6.07) is 10.3. The van der Waals surface area contributed by atoms with Crippen molar-refractivity contribution in [3.63, 3.8) is 0 Å². The average molecular weight is 422 g/mol. The van der Waals surface area contributed by atoms with E-state index in [2.05, 4.69) is 10.5 Å². The van der Waals surface area contributed by atoms with Crippen molar-refractivity contribution in [1.29, 1.82) is 0 Å². The molecule has 0 saturated heterocycles. The molecule has 10 nitrogen and oxygen atoms in total. The number of nitro benzene ring substituents is 1. The summed E-state index contributed by atoms with van der Waals surface area (Å²) in [6.45, 7) is 3.75. The quantitative estimate of drug-likeness (QED) is 0.493. The summed E-state index contributed by atoms with van der Waals surface area (Å²) in [5.74, 6) is 0.474. The van der Waals surface area contributed by atoms with Crippen LogP contribution >= 0.6 is 0 Å². The maximum Gasteiger partial charge on any atom is 0.269 e. The number of nitro groups is 1. The average Bonchev–Trinajstić information content (AvgIpc) is 3.07. The van der Waals surface area contributed by atoms with Gasteiger partial charge in [0.1, 0.15) is 11.5 Å². The zero-order chi connectivity index (χ0) is 22.1. The third-order valence-corrected chi connectivity index (χ3v) is 5.00. The van der Waals surface area contributed by atoms with Gasteiger partial charge in [-0.05, 0) is 44.2 Å². The highest BCUT2D eigenvalue weighted by molar-refractivity contribution is 6.05. The SMILES string of the molecule is Cc1noc(C)c1CN1C(=O)COc2ccc(NC(=O)c3ccc([N+](=O)[O-])cc3)cc21. The summed E-state index contributed by atoms with van der Waals surface area (Å²) in [7, 11) is 0. The Kier molecular flexibility index (Phi) is 5.12. The minimum Gasteiger partial charge on any atom is -0.482 e. The monoisotopic (exact) mass is 422 g/mol. The summed E-state index contributed by atoms with van der Waals surface area (Å²) in [6.07, 6.45) is 0. The van der Waals surface area contributed by atoms with E-state index in [1.807, 2.05) is 0 Å². The molecule has 0 spiro atoms. The molecular weight excluding hydrogens is 404 g/mol. The van der Waals surface area contributed by atoms with E-state index in [-0.39, 0.29) is 30.3 Å². The highest BCUT2D eigenvalue weighted by atomic mass is 16.6. The first-order valence-electron chi connectivity index (χ1n) is 9.38. The molecule has 1 aromatic heterocycles. The predicted octanol–water partition coefficient (Wildman–Crippen LogP) is 3.38. The number of rotatable bonds is 5. The summed E-state index contributed by atoms with van der Waals surface area (Å²) in [4.78, 5) is 36.9. The van der Waals surface area contributed by atoms with Crippen LogP contribution in [-0.2, 0) is 11.3 Å². The van der Waals surface area contributed by atoms with Crippen LogP contribution in [0.3, 0.4) is 0 Å². The summed E-state index contributed by atoms with van der Waals surface area (Å²) < 4.78 is 10.7. The van der Waals surface area contributed by atoms with Crippen LogP contribution in [0.15, 0.2) is 47.0 Å². The standard InChI is InChI=1S/C21H18N4O6/c1-12-17(13(2)31-23-12)10-24-18-9-15(5-8-19(18)30-11-20(24)26)22-21(27)14-3-6-16(7-4-14)25(28)29/h3-9H,10-11H2,1-2H3,(H,22,27). The van der Waals surface area contributed by atoms with Gasteiger partial charge in [0, 0.05) is 28.9 Å². The van der Waals surface area contributed by atoms with Gasteiger partial charge in [0.05, 0.1) is 22.8 Å². The van der Waals surface area contributed by atoms with Crippen molar-refractivity contribution < 1.29 is 23.8 Å². The minimum absolute atomic E-state index is 0.0924. The predicted molar refractivity (Wildman–Crippen MR) is 110 cm³/mol. The van der Waals surface area contributed by atoms with E-state index < -0.39 is 10.8 Å². The molecule has 3 aromatic rings. The Labute approximate surface area is 176 Å². The molecule has 0 bridgehead atoms. The number of anilines is 2. The molecule has 0 unspecified atom stereocenters. The van der Waals surface area contributed by atoms with Crippen LogP contribution < -0.4 is 15.0 Å². The van der Waals surface area contributed by atoms with Gasteiger partial charge in [0.2, 0.25) is 0 Å². The molecule has 158 valence electrons. The number of aryl methyl sites for hydroxylation is 2. The van der Waals surface area contributed by atoms with Crippen LogP contribution in [0.25, 0.3) is 0 Å². The zero-order valence-corrected chi connectivity index (χ0v) is 16.7. The summed E-state index contributed by atoms with van der Waals surface area (Å²) in [5.41, 5.74) is 2.63. The molecule has 10 heteroatoms. The summed E-state index contributed by atoms with van der Waals surface area (Å²) in [5, 5.41) is 17.4. The molecule has 1 aliphatic heterocycles. The van der Waals surface area contributed by atoms with Crippen molar-refractivity contribution in [2.75, 3.05) is 16.8 Å². The van der Waals surface area contributed by atoms with Crippen LogP contribution in [0.4, 0.5) is 17.1 Å². The van der Waals surface area contributed by atoms with E-state index in [0.717, 1.165) is 5.56 Å². The molecule has 0 fully saturated rings. The first-order chi connectivity index (χ1) is 14.8. The molecule has 0 aliphatic carbocycles. The maximum absolute atomic E-state index is 12.6. The number of aromatic nitrogens is 1. The van der Waals surface area contributed by atoms with Crippen LogP contribution in [0, 0.1) is 24.0 Å². The van der Waals surface area contributed by atoms with Gasteiger partial charge in [-0.25, -0.2) is 0 Å². The molecule has 1 aliphatic rings. The normalized spacial score (nSPS) is 12.8. The third kappa shape index (κ3) is 3.95. The topological polar surface area (TPSA) is 128 Å². The number of nitrogens with zero attached hydrogens (tertiary/aromatic N) is 3. The molecule has 2 heterocycles. The lowest BCUT2D eigenvalue weighted by atomic mass is 10.1. The fourth-order valence-corrected chi connectivity index (χ4v) is 3.28. The second kappa shape index (κ2) is 7.90. The number of hydrogen-bond acceptors (Lipinski definition) is 7. The Balaban J connectivity index is 1.59. The molecular formula is C21H18N4O6. The van der Waals surface area contributed by atoms with Crippen LogP contribution in [0.5, 0.6) is 5.75 Å². The fraction of sp³-hybridized carbons (Fsp3) is 0.190. The van der Waals surface area contributed by atoms with E-state index in [1.54, 1.807) is 36.9 Å². The van der Waals surface area contributed by atoms with E-state index in [4.69, 9.17) is 9.26 Å². The number of nitrogens with one attached hydrogen (secondary N) is 1. The Morgan fingerprint density at radius 3 is 2.61 bits per heavy atom. The van der Waals surface area contributed by atoms with Crippen molar-refractivity contribution in [2.45, 2.75) is 20.4 Å². The first-order valence-corrected chi connectivity index (χ1v) is 9.38. The van der Waals surface area contributed by atoms with Crippen molar-refractivity contribution >= 4 is 28.9 Å². The third-order valence-electron chi connectivity index (χ3n) is 5.00. The second-order valence-electron chi connectivity index (χ2n) is 7.01. The Morgan fingerprint density at radius 2 is 1.97 bits per heavy atom. The van der Waals surface area contributed by atoms with Crippen LogP contribution in [0.1, 0.15) is 27.4 Å². The number of benzene rings is 2. The molecule has 0 saturated carbocycles. The molecule has 2 aromatic carbocycles. The number of carbonyl (C=O) groups is 2.